The molecule has 0 heterocycles. The summed E-state index contributed by atoms with van der Waals surface area (Å²) in [6.07, 6.45) is 1.64. The van der Waals surface area contributed by atoms with Crippen molar-refractivity contribution in [2.24, 2.45) is 11.3 Å². The third kappa shape index (κ3) is 4.55. The van der Waals surface area contributed by atoms with Crippen LogP contribution in [0.1, 0.15) is 39.7 Å². The van der Waals surface area contributed by atoms with Gasteiger partial charge in [0.2, 0.25) is 0 Å². The minimum Gasteiger partial charge on any atom is -0.207 e. The monoisotopic (exact) mass is 334 g/mol. The van der Waals surface area contributed by atoms with Crippen molar-refractivity contribution >= 4 is 27.5 Å². The Kier molecular flexibility index (Phi) is 5.67. The molecule has 0 aliphatic carbocycles. The van der Waals surface area contributed by atoms with Gasteiger partial charge in [-0.1, -0.05) is 61.3 Å². The Hall–Kier alpha value is -0.0800. The van der Waals surface area contributed by atoms with E-state index in [4.69, 9.17) is 11.6 Å². The number of alkyl halides is 1. The van der Waals surface area contributed by atoms with Crippen molar-refractivity contribution in [1.29, 1.82) is 0 Å². The van der Waals surface area contributed by atoms with Crippen molar-refractivity contribution in [3.05, 3.63) is 34.6 Å². The molecular formula is C15H21BrClF. The highest BCUT2D eigenvalue weighted by Gasteiger charge is 2.23. The summed E-state index contributed by atoms with van der Waals surface area (Å²) in [5.74, 6) is 0.350. The van der Waals surface area contributed by atoms with Gasteiger partial charge in [-0.25, -0.2) is 4.39 Å². The van der Waals surface area contributed by atoms with Crippen LogP contribution in [-0.2, 0) is 6.42 Å². The first-order valence-corrected chi connectivity index (χ1v) is 7.58. The molecule has 0 radical (unpaired) electrons. The Balaban J connectivity index is 2.68. The van der Waals surface area contributed by atoms with Crippen molar-refractivity contribution in [2.75, 3.05) is 0 Å². The lowest BCUT2D eigenvalue weighted by molar-refractivity contribution is 0.246. The van der Waals surface area contributed by atoms with E-state index in [-0.39, 0.29) is 16.1 Å². The first-order chi connectivity index (χ1) is 8.21. The van der Waals surface area contributed by atoms with Crippen LogP contribution in [0, 0.1) is 17.2 Å². The average Bonchev–Trinajstić information content (AvgIpc) is 2.22. The van der Waals surface area contributed by atoms with Crippen molar-refractivity contribution in [3.8, 4) is 0 Å². The lowest BCUT2D eigenvalue weighted by Gasteiger charge is -2.29. The smallest absolute Gasteiger partial charge is 0.127 e. The molecule has 0 saturated heterocycles. The largest absolute Gasteiger partial charge is 0.207 e. The number of halogens is 3. The summed E-state index contributed by atoms with van der Waals surface area (Å²) in [6.45, 7) is 8.92. The molecule has 0 N–H and O–H groups in total. The van der Waals surface area contributed by atoms with Crippen molar-refractivity contribution < 1.29 is 4.39 Å². The zero-order valence-electron chi connectivity index (χ0n) is 11.4. The van der Waals surface area contributed by atoms with E-state index in [1.54, 1.807) is 12.1 Å². The van der Waals surface area contributed by atoms with E-state index in [0.717, 1.165) is 6.42 Å². The third-order valence-electron chi connectivity index (χ3n) is 3.58. The molecule has 102 valence electrons. The predicted molar refractivity (Wildman–Crippen MR) is 81.1 cm³/mol. The van der Waals surface area contributed by atoms with E-state index in [2.05, 4.69) is 43.6 Å². The first-order valence-electron chi connectivity index (χ1n) is 6.28. The van der Waals surface area contributed by atoms with Crippen LogP contribution in [0.4, 0.5) is 4.39 Å². The van der Waals surface area contributed by atoms with Crippen LogP contribution in [0.25, 0.3) is 0 Å². The number of hydrogen-bond donors (Lipinski definition) is 0. The van der Waals surface area contributed by atoms with Gasteiger partial charge in [-0.05, 0) is 36.3 Å². The van der Waals surface area contributed by atoms with E-state index < -0.39 is 0 Å². The molecule has 0 amide bonds. The molecule has 18 heavy (non-hydrogen) atoms. The molecule has 0 saturated carbocycles. The van der Waals surface area contributed by atoms with Crippen molar-refractivity contribution in [1.82, 2.24) is 0 Å². The van der Waals surface area contributed by atoms with Crippen LogP contribution in [0.2, 0.25) is 5.02 Å². The van der Waals surface area contributed by atoms with Gasteiger partial charge in [0.15, 0.2) is 0 Å². The van der Waals surface area contributed by atoms with Crippen molar-refractivity contribution in [2.45, 2.75) is 45.4 Å². The second-order valence-corrected chi connectivity index (χ2v) is 7.71. The molecule has 1 aromatic carbocycles. The summed E-state index contributed by atoms with van der Waals surface area (Å²) in [6, 6.07) is 4.85. The van der Waals surface area contributed by atoms with Gasteiger partial charge < -0.3 is 0 Å². The lowest BCUT2D eigenvalue weighted by Crippen LogP contribution is -2.21. The molecule has 2 atom stereocenters. The molecule has 0 bridgehead atoms. The summed E-state index contributed by atoms with van der Waals surface area (Å²) in [7, 11) is 0. The molecule has 0 aliphatic rings. The Morgan fingerprint density at radius 3 is 2.44 bits per heavy atom. The molecular weight excluding hydrogens is 315 g/mol. The molecule has 0 nitrogen and oxygen atoms in total. The number of hydrogen-bond acceptors (Lipinski definition) is 0. The molecule has 0 fully saturated rings. The summed E-state index contributed by atoms with van der Waals surface area (Å²) < 4.78 is 13.7. The molecule has 1 rings (SSSR count). The quantitative estimate of drug-likeness (QED) is 0.605. The highest BCUT2D eigenvalue weighted by molar-refractivity contribution is 9.09. The van der Waals surface area contributed by atoms with Gasteiger partial charge in [0.05, 0.1) is 0 Å². The fraction of sp³-hybridized carbons (Fsp3) is 0.600. The number of benzene rings is 1. The summed E-state index contributed by atoms with van der Waals surface area (Å²) in [5, 5.41) is 0.517. The Morgan fingerprint density at radius 1 is 1.33 bits per heavy atom. The van der Waals surface area contributed by atoms with Gasteiger partial charge in [-0.15, -0.1) is 0 Å². The Bertz CT molecular complexity index is 378. The second-order valence-electron chi connectivity index (χ2n) is 6.00. The predicted octanol–water partition coefficient (Wildman–Crippen LogP) is 5.86. The van der Waals surface area contributed by atoms with E-state index >= 15 is 0 Å². The standard InChI is InChI=1S/C15H21BrClF/c1-10(15(2,3)4)8-11(16)9-12-13(17)6-5-7-14(12)18/h5-7,10-11H,8-9H2,1-4H3. The fourth-order valence-corrected chi connectivity index (χ4v) is 2.89. The molecule has 0 aromatic heterocycles. The maximum Gasteiger partial charge on any atom is 0.127 e. The van der Waals surface area contributed by atoms with Gasteiger partial charge in [-0.2, -0.15) is 0 Å². The van der Waals surface area contributed by atoms with E-state index in [9.17, 15) is 4.39 Å². The summed E-state index contributed by atoms with van der Waals surface area (Å²) in [5.41, 5.74) is 0.882. The van der Waals surface area contributed by atoms with Gasteiger partial charge in [0.1, 0.15) is 5.82 Å². The zero-order chi connectivity index (χ0) is 13.9. The van der Waals surface area contributed by atoms with Crippen LogP contribution in [0.5, 0.6) is 0 Å². The lowest BCUT2D eigenvalue weighted by atomic mass is 9.79. The number of rotatable bonds is 4. The maximum absolute atomic E-state index is 13.7. The SMILES string of the molecule is CC(CC(Br)Cc1c(F)cccc1Cl)C(C)(C)C. The van der Waals surface area contributed by atoms with E-state index in [1.807, 2.05) is 0 Å². The first kappa shape index (κ1) is 16.0. The van der Waals surface area contributed by atoms with Crippen LogP contribution < -0.4 is 0 Å². The minimum absolute atomic E-state index is 0.213. The summed E-state index contributed by atoms with van der Waals surface area (Å²) in [4.78, 5) is 0.251. The van der Waals surface area contributed by atoms with Gasteiger partial charge in [0, 0.05) is 15.4 Å². The molecule has 0 aliphatic heterocycles. The normalized spacial score (nSPS) is 15.5. The third-order valence-corrected chi connectivity index (χ3v) is 4.63. The zero-order valence-corrected chi connectivity index (χ0v) is 13.8. The van der Waals surface area contributed by atoms with Crippen LogP contribution in [-0.4, -0.2) is 4.83 Å². The van der Waals surface area contributed by atoms with Crippen molar-refractivity contribution in [3.63, 3.8) is 0 Å². The fourth-order valence-electron chi connectivity index (χ4n) is 1.77. The summed E-state index contributed by atoms with van der Waals surface area (Å²) >= 11 is 9.69. The average molecular weight is 336 g/mol. The highest BCUT2D eigenvalue weighted by atomic mass is 79.9. The maximum atomic E-state index is 13.7. The molecule has 3 heteroatoms. The van der Waals surface area contributed by atoms with Crippen LogP contribution in [0.3, 0.4) is 0 Å². The highest BCUT2D eigenvalue weighted by Crippen LogP contribution is 2.33. The second kappa shape index (κ2) is 6.38. The van der Waals surface area contributed by atoms with Crippen LogP contribution >= 0.6 is 27.5 Å². The Labute approximate surface area is 123 Å². The minimum atomic E-state index is -0.213. The van der Waals surface area contributed by atoms with Gasteiger partial charge in [-0.3, -0.25) is 0 Å². The van der Waals surface area contributed by atoms with E-state index in [1.165, 1.54) is 6.07 Å². The van der Waals surface area contributed by atoms with Gasteiger partial charge in [0.25, 0.3) is 0 Å². The van der Waals surface area contributed by atoms with E-state index in [0.29, 0.717) is 22.9 Å². The topological polar surface area (TPSA) is 0 Å². The van der Waals surface area contributed by atoms with Gasteiger partial charge >= 0.3 is 0 Å². The molecule has 1 aromatic rings. The van der Waals surface area contributed by atoms with Crippen LogP contribution in [0.15, 0.2) is 18.2 Å². The Morgan fingerprint density at radius 2 is 1.94 bits per heavy atom. The molecule has 2 unspecified atom stereocenters. The molecule has 0 spiro atoms.